The smallest absolute Gasteiger partial charge is 0.242 e. The van der Waals surface area contributed by atoms with Crippen LogP contribution in [-0.2, 0) is 22.6 Å². The Kier molecular flexibility index (Phi) is 9.86. The highest BCUT2D eigenvalue weighted by Crippen LogP contribution is 2.20. The molecular formula is C25H33ClN2O3. The number of aryl methyl sites for hydroxylation is 1. The van der Waals surface area contributed by atoms with Crippen LogP contribution in [-0.4, -0.2) is 36.4 Å². The number of carbonyl (C=O) groups excluding carboxylic acids is 2. The molecule has 0 saturated heterocycles. The third-order valence-electron chi connectivity index (χ3n) is 5.15. The summed E-state index contributed by atoms with van der Waals surface area (Å²) >= 11 is 6.26. The van der Waals surface area contributed by atoms with E-state index in [1.807, 2.05) is 69.3 Å². The maximum absolute atomic E-state index is 13.3. The van der Waals surface area contributed by atoms with E-state index >= 15 is 0 Å². The Morgan fingerprint density at radius 3 is 2.35 bits per heavy atom. The first-order valence-electron chi connectivity index (χ1n) is 10.8. The number of hydrogen-bond donors (Lipinski definition) is 1. The van der Waals surface area contributed by atoms with Gasteiger partial charge >= 0.3 is 0 Å². The molecule has 31 heavy (non-hydrogen) atoms. The van der Waals surface area contributed by atoms with Gasteiger partial charge in [-0.05, 0) is 48.1 Å². The molecule has 0 saturated carbocycles. The molecule has 0 bridgehead atoms. The van der Waals surface area contributed by atoms with E-state index < -0.39 is 6.04 Å². The summed E-state index contributed by atoms with van der Waals surface area (Å²) in [6.07, 6.45) is 1.35. The Labute approximate surface area is 190 Å². The summed E-state index contributed by atoms with van der Waals surface area (Å²) < 4.78 is 5.22. The standard InChI is InChI=1S/C25H33ClN2O3/c1-5-23(25(30)27-16-18(2)3)28(17-19-10-13-21(31-4)14-11-19)24(29)15-12-20-8-6-7-9-22(20)26/h6-11,13-14,18,23H,5,12,15-17H2,1-4H3,(H,27,30)/t23-/m0/s1. The molecule has 2 aromatic rings. The fraction of sp³-hybridized carbons (Fsp3) is 0.440. The average molecular weight is 445 g/mol. The van der Waals surface area contributed by atoms with E-state index in [2.05, 4.69) is 5.32 Å². The number of carbonyl (C=O) groups is 2. The van der Waals surface area contributed by atoms with E-state index in [0.29, 0.717) is 36.9 Å². The highest BCUT2D eigenvalue weighted by atomic mass is 35.5. The maximum atomic E-state index is 13.3. The van der Waals surface area contributed by atoms with Gasteiger partial charge in [-0.2, -0.15) is 0 Å². The zero-order valence-electron chi connectivity index (χ0n) is 18.9. The molecule has 0 aliphatic rings. The van der Waals surface area contributed by atoms with Gasteiger partial charge in [-0.15, -0.1) is 0 Å². The first-order valence-corrected chi connectivity index (χ1v) is 11.2. The fourth-order valence-corrected chi connectivity index (χ4v) is 3.59. The number of benzene rings is 2. The quantitative estimate of drug-likeness (QED) is 0.538. The molecule has 1 N–H and O–H groups in total. The molecule has 2 aromatic carbocycles. The van der Waals surface area contributed by atoms with Crippen molar-refractivity contribution in [3.05, 3.63) is 64.7 Å². The summed E-state index contributed by atoms with van der Waals surface area (Å²) in [6.45, 7) is 6.97. The number of nitrogens with one attached hydrogen (secondary N) is 1. The van der Waals surface area contributed by atoms with Crippen LogP contribution in [0.3, 0.4) is 0 Å². The lowest BCUT2D eigenvalue weighted by Gasteiger charge is -2.31. The van der Waals surface area contributed by atoms with Crippen molar-refractivity contribution < 1.29 is 14.3 Å². The van der Waals surface area contributed by atoms with Gasteiger partial charge in [0.2, 0.25) is 11.8 Å². The fourth-order valence-electron chi connectivity index (χ4n) is 3.36. The van der Waals surface area contributed by atoms with Crippen LogP contribution in [0.25, 0.3) is 0 Å². The van der Waals surface area contributed by atoms with Gasteiger partial charge in [-0.25, -0.2) is 0 Å². The average Bonchev–Trinajstić information content (AvgIpc) is 2.77. The molecule has 0 spiro atoms. The molecule has 168 valence electrons. The highest BCUT2D eigenvalue weighted by molar-refractivity contribution is 6.31. The Hall–Kier alpha value is -2.53. The van der Waals surface area contributed by atoms with E-state index in [9.17, 15) is 9.59 Å². The molecule has 0 aliphatic heterocycles. The highest BCUT2D eigenvalue weighted by Gasteiger charge is 2.28. The van der Waals surface area contributed by atoms with E-state index in [1.165, 1.54) is 0 Å². The van der Waals surface area contributed by atoms with Gasteiger partial charge in [0.1, 0.15) is 11.8 Å². The van der Waals surface area contributed by atoms with Crippen molar-refractivity contribution >= 4 is 23.4 Å². The van der Waals surface area contributed by atoms with Gasteiger partial charge < -0.3 is 15.0 Å². The normalized spacial score (nSPS) is 11.8. The molecular weight excluding hydrogens is 412 g/mol. The van der Waals surface area contributed by atoms with Gasteiger partial charge in [0.25, 0.3) is 0 Å². The number of halogens is 1. The van der Waals surface area contributed by atoms with Crippen LogP contribution in [0.15, 0.2) is 48.5 Å². The minimum Gasteiger partial charge on any atom is -0.497 e. The topological polar surface area (TPSA) is 58.6 Å². The first kappa shape index (κ1) is 24.7. The van der Waals surface area contributed by atoms with Crippen LogP contribution >= 0.6 is 11.6 Å². The summed E-state index contributed by atoms with van der Waals surface area (Å²) in [4.78, 5) is 27.9. The van der Waals surface area contributed by atoms with Crippen molar-refractivity contribution in [1.29, 1.82) is 0 Å². The minimum atomic E-state index is -0.528. The van der Waals surface area contributed by atoms with Crippen LogP contribution < -0.4 is 10.1 Å². The molecule has 0 aromatic heterocycles. The van der Waals surface area contributed by atoms with Crippen molar-refractivity contribution in [3.63, 3.8) is 0 Å². The monoisotopic (exact) mass is 444 g/mol. The molecule has 1 atom stereocenters. The van der Waals surface area contributed by atoms with Gasteiger partial charge in [-0.3, -0.25) is 9.59 Å². The zero-order chi connectivity index (χ0) is 22.8. The van der Waals surface area contributed by atoms with Gasteiger partial charge in [0.15, 0.2) is 0 Å². The van der Waals surface area contributed by atoms with E-state index in [1.54, 1.807) is 12.0 Å². The minimum absolute atomic E-state index is 0.0673. The molecule has 5 nitrogen and oxygen atoms in total. The number of rotatable bonds is 11. The van der Waals surface area contributed by atoms with Crippen molar-refractivity contribution in [2.75, 3.05) is 13.7 Å². The van der Waals surface area contributed by atoms with Crippen LogP contribution in [0.4, 0.5) is 0 Å². The molecule has 0 radical (unpaired) electrons. The third kappa shape index (κ3) is 7.59. The van der Waals surface area contributed by atoms with Crippen molar-refractivity contribution in [2.45, 2.75) is 52.6 Å². The number of methoxy groups -OCH3 is 1. The SMILES string of the molecule is CC[C@@H](C(=O)NCC(C)C)N(Cc1ccc(OC)cc1)C(=O)CCc1ccccc1Cl. The molecule has 0 aliphatic carbocycles. The maximum Gasteiger partial charge on any atom is 0.242 e. The summed E-state index contributed by atoms with van der Waals surface area (Å²) in [5.41, 5.74) is 1.88. The predicted octanol–water partition coefficient (Wildman–Crippen LogP) is 4.86. The molecule has 0 heterocycles. The number of amides is 2. The lowest BCUT2D eigenvalue weighted by molar-refractivity contribution is -0.141. The Morgan fingerprint density at radius 1 is 1.10 bits per heavy atom. The molecule has 0 fully saturated rings. The molecule has 2 amide bonds. The van der Waals surface area contributed by atoms with Crippen LogP contribution in [0.2, 0.25) is 5.02 Å². The first-order chi connectivity index (χ1) is 14.8. The van der Waals surface area contributed by atoms with Crippen LogP contribution in [0, 0.1) is 5.92 Å². The largest absolute Gasteiger partial charge is 0.497 e. The molecule has 0 unspecified atom stereocenters. The van der Waals surface area contributed by atoms with E-state index in [4.69, 9.17) is 16.3 Å². The van der Waals surface area contributed by atoms with E-state index in [-0.39, 0.29) is 18.2 Å². The Morgan fingerprint density at radius 2 is 1.77 bits per heavy atom. The molecule has 2 rings (SSSR count). The summed E-state index contributed by atoms with van der Waals surface area (Å²) in [7, 11) is 1.62. The Balaban J connectivity index is 2.20. The second-order valence-electron chi connectivity index (χ2n) is 8.02. The van der Waals surface area contributed by atoms with Gasteiger partial charge in [-0.1, -0.05) is 62.7 Å². The number of nitrogens with zero attached hydrogens (tertiary/aromatic N) is 1. The van der Waals surface area contributed by atoms with Crippen molar-refractivity contribution in [2.24, 2.45) is 5.92 Å². The molecule has 6 heteroatoms. The second-order valence-corrected chi connectivity index (χ2v) is 8.43. The van der Waals surface area contributed by atoms with Crippen molar-refractivity contribution in [3.8, 4) is 5.75 Å². The van der Waals surface area contributed by atoms with Gasteiger partial charge in [0.05, 0.1) is 7.11 Å². The van der Waals surface area contributed by atoms with E-state index in [0.717, 1.165) is 16.9 Å². The van der Waals surface area contributed by atoms with Crippen molar-refractivity contribution in [1.82, 2.24) is 10.2 Å². The second kappa shape index (κ2) is 12.4. The van der Waals surface area contributed by atoms with Gasteiger partial charge in [0, 0.05) is 24.5 Å². The van der Waals surface area contributed by atoms with Crippen LogP contribution in [0.1, 0.15) is 44.7 Å². The lowest BCUT2D eigenvalue weighted by Crippen LogP contribution is -2.49. The van der Waals surface area contributed by atoms with Crippen LogP contribution in [0.5, 0.6) is 5.75 Å². The third-order valence-corrected chi connectivity index (χ3v) is 5.52. The summed E-state index contributed by atoms with van der Waals surface area (Å²) in [5.74, 6) is 0.910. The summed E-state index contributed by atoms with van der Waals surface area (Å²) in [6, 6.07) is 14.6. The number of hydrogen-bond acceptors (Lipinski definition) is 3. The number of ether oxygens (including phenoxy) is 1. The zero-order valence-corrected chi connectivity index (χ0v) is 19.6. The Bertz CT molecular complexity index is 852. The predicted molar refractivity (Wildman–Crippen MR) is 125 cm³/mol. The lowest BCUT2D eigenvalue weighted by atomic mass is 10.1. The summed E-state index contributed by atoms with van der Waals surface area (Å²) in [5, 5.41) is 3.63.